The summed E-state index contributed by atoms with van der Waals surface area (Å²) in [6, 6.07) is 7.28. The Balaban J connectivity index is 2.28. The minimum Gasteiger partial charge on any atom is -0.495 e. The summed E-state index contributed by atoms with van der Waals surface area (Å²) in [5, 5.41) is 8.20. The van der Waals surface area contributed by atoms with E-state index in [1.807, 2.05) is 12.1 Å². The van der Waals surface area contributed by atoms with Gasteiger partial charge in [-0.05, 0) is 24.3 Å². The number of rotatable bonds is 4. The van der Waals surface area contributed by atoms with E-state index in [9.17, 15) is 4.79 Å². The SMILES string of the molecule is COC1=C(N=Nc2ccccc2OC)CC(=O)C=C1. The van der Waals surface area contributed by atoms with Gasteiger partial charge in [0.15, 0.2) is 5.78 Å². The Bertz CT molecular complexity index is 574. The molecule has 19 heavy (non-hydrogen) atoms. The number of nitrogens with zero attached hydrogens (tertiary/aromatic N) is 2. The molecule has 0 spiro atoms. The van der Waals surface area contributed by atoms with Crippen molar-refractivity contribution in [1.82, 2.24) is 0 Å². The predicted molar refractivity (Wildman–Crippen MR) is 70.3 cm³/mol. The number of hydrogen-bond donors (Lipinski definition) is 0. The average molecular weight is 258 g/mol. The fourth-order valence-corrected chi connectivity index (χ4v) is 1.67. The molecule has 0 N–H and O–H groups in total. The number of ether oxygens (including phenoxy) is 2. The summed E-state index contributed by atoms with van der Waals surface area (Å²) in [4.78, 5) is 11.4. The van der Waals surface area contributed by atoms with Crippen molar-refractivity contribution in [3.63, 3.8) is 0 Å². The van der Waals surface area contributed by atoms with Gasteiger partial charge in [-0.15, -0.1) is 5.11 Å². The Hall–Kier alpha value is -2.43. The van der Waals surface area contributed by atoms with Gasteiger partial charge in [-0.25, -0.2) is 0 Å². The first-order chi connectivity index (χ1) is 9.24. The standard InChI is InChI=1S/C14H14N2O3/c1-18-13-6-4-3-5-11(13)15-16-12-9-10(17)7-8-14(12)19-2/h3-8H,9H2,1-2H3. The molecule has 1 aromatic rings. The molecule has 1 aromatic carbocycles. The van der Waals surface area contributed by atoms with E-state index in [0.717, 1.165) is 0 Å². The van der Waals surface area contributed by atoms with Crippen molar-refractivity contribution >= 4 is 11.5 Å². The highest BCUT2D eigenvalue weighted by atomic mass is 16.5. The number of para-hydroxylation sites is 1. The molecular weight excluding hydrogens is 244 g/mol. The Morgan fingerprint density at radius 2 is 1.84 bits per heavy atom. The lowest BCUT2D eigenvalue weighted by Gasteiger charge is -2.09. The van der Waals surface area contributed by atoms with Gasteiger partial charge in [-0.1, -0.05) is 12.1 Å². The first kappa shape index (κ1) is 13.0. The van der Waals surface area contributed by atoms with Crippen molar-refractivity contribution in [2.75, 3.05) is 14.2 Å². The first-order valence-electron chi connectivity index (χ1n) is 5.77. The highest BCUT2D eigenvalue weighted by Gasteiger charge is 2.14. The summed E-state index contributed by atoms with van der Waals surface area (Å²) in [6.45, 7) is 0. The van der Waals surface area contributed by atoms with E-state index >= 15 is 0 Å². The van der Waals surface area contributed by atoms with E-state index in [1.54, 1.807) is 25.3 Å². The molecule has 0 amide bonds. The average Bonchev–Trinajstić information content (AvgIpc) is 2.45. The molecule has 0 aliphatic heterocycles. The van der Waals surface area contributed by atoms with Crippen LogP contribution in [-0.4, -0.2) is 20.0 Å². The van der Waals surface area contributed by atoms with Crippen molar-refractivity contribution < 1.29 is 14.3 Å². The maximum atomic E-state index is 11.4. The lowest BCUT2D eigenvalue weighted by molar-refractivity contribution is -0.114. The maximum absolute atomic E-state index is 11.4. The van der Waals surface area contributed by atoms with Crippen LogP contribution in [0.25, 0.3) is 0 Å². The van der Waals surface area contributed by atoms with Crippen LogP contribution in [0.15, 0.2) is 58.1 Å². The fraction of sp³-hybridized carbons (Fsp3) is 0.214. The van der Waals surface area contributed by atoms with Crippen LogP contribution in [0.4, 0.5) is 5.69 Å². The largest absolute Gasteiger partial charge is 0.495 e. The fourth-order valence-electron chi connectivity index (χ4n) is 1.67. The van der Waals surface area contributed by atoms with E-state index in [-0.39, 0.29) is 12.2 Å². The lowest BCUT2D eigenvalue weighted by Crippen LogP contribution is -2.03. The zero-order valence-corrected chi connectivity index (χ0v) is 10.8. The monoisotopic (exact) mass is 258 g/mol. The van der Waals surface area contributed by atoms with Gasteiger partial charge in [0.1, 0.15) is 22.9 Å². The number of azo groups is 1. The molecule has 1 aliphatic carbocycles. The normalized spacial score (nSPS) is 15.2. The van der Waals surface area contributed by atoms with Crippen molar-refractivity contribution in [2.24, 2.45) is 10.2 Å². The molecule has 0 bridgehead atoms. The van der Waals surface area contributed by atoms with Crippen LogP contribution in [0.2, 0.25) is 0 Å². The van der Waals surface area contributed by atoms with Gasteiger partial charge < -0.3 is 9.47 Å². The Kier molecular flexibility index (Phi) is 4.07. The molecule has 0 aromatic heterocycles. The van der Waals surface area contributed by atoms with E-state index in [4.69, 9.17) is 9.47 Å². The first-order valence-corrected chi connectivity index (χ1v) is 5.77. The van der Waals surface area contributed by atoms with E-state index < -0.39 is 0 Å². The quantitative estimate of drug-likeness (QED) is 0.779. The minimum absolute atomic E-state index is 0.0187. The maximum Gasteiger partial charge on any atom is 0.161 e. The summed E-state index contributed by atoms with van der Waals surface area (Å²) in [6.07, 6.45) is 3.27. The van der Waals surface area contributed by atoms with Gasteiger partial charge in [-0.3, -0.25) is 4.79 Å². The second-order valence-corrected chi connectivity index (χ2v) is 3.86. The third kappa shape index (κ3) is 3.07. The van der Waals surface area contributed by atoms with E-state index in [1.165, 1.54) is 13.2 Å². The van der Waals surface area contributed by atoms with Crippen LogP contribution in [0, 0.1) is 0 Å². The van der Waals surface area contributed by atoms with Crippen molar-refractivity contribution in [1.29, 1.82) is 0 Å². The highest BCUT2D eigenvalue weighted by Crippen LogP contribution is 2.28. The summed E-state index contributed by atoms with van der Waals surface area (Å²) < 4.78 is 10.3. The molecule has 5 heteroatoms. The molecule has 0 saturated heterocycles. The Morgan fingerprint density at radius 3 is 2.58 bits per heavy atom. The van der Waals surface area contributed by atoms with Crippen LogP contribution >= 0.6 is 0 Å². The summed E-state index contributed by atoms with van der Waals surface area (Å²) in [5.74, 6) is 1.16. The molecule has 98 valence electrons. The predicted octanol–water partition coefficient (Wildman–Crippen LogP) is 3.17. The number of methoxy groups -OCH3 is 2. The van der Waals surface area contributed by atoms with Crippen LogP contribution in [0.5, 0.6) is 5.75 Å². The van der Waals surface area contributed by atoms with E-state index in [2.05, 4.69) is 10.2 Å². The van der Waals surface area contributed by atoms with Crippen molar-refractivity contribution in [3.8, 4) is 5.75 Å². The summed E-state index contributed by atoms with van der Waals surface area (Å²) in [7, 11) is 3.11. The van der Waals surface area contributed by atoms with Gasteiger partial charge in [-0.2, -0.15) is 5.11 Å². The number of carbonyl (C=O) groups excluding carboxylic acids is 1. The van der Waals surface area contributed by atoms with Gasteiger partial charge in [0.25, 0.3) is 0 Å². The molecule has 0 atom stereocenters. The van der Waals surface area contributed by atoms with Gasteiger partial charge in [0.2, 0.25) is 0 Å². The van der Waals surface area contributed by atoms with Gasteiger partial charge in [0, 0.05) is 0 Å². The minimum atomic E-state index is -0.0187. The summed E-state index contributed by atoms with van der Waals surface area (Å²) >= 11 is 0. The molecule has 1 aliphatic rings. The topological polar surface area (TPSA) is 60.3 Å². The Morgan fingerprint density at radius 1 is 1.05 bits per heavy atom. The van der Waals surface area contributed by atoms with E-state index in [0.29, 0.717) is 22.9 Å². The van der Waals surface area contributed by atoms with Crippen LogP contribution in [0.1, 0.15) is 6.42 Å². The number of hydrogen-bond acceptors (Lipinski definition) is 5. The zero-order valence-electron chi connectivity index (χ0n) is 10.8. The second kappa shape index (κ2) is 5.95. The van der Waals surface area contributed by atoms with Gasteiger partial charge in [0.05, 0.1) is 20.6 Å². The zero-order chi connectivity index (χ0) is 13.7. The smallest absolute Gasteiger partial charge is 0.161 e. The van der Waals surface area contributed by atoms with Gasteiger partial charge >= 0.3 is 0 Å². The Labute approximate surface area is 111 Å². The van der Waals surface area contributed by atoms with Crippen LogP contribution in [0.3, 0.4) is 0 Å². The van der Waals surface area contributed by atoms with Crippen molar-refractivity contribution in [3.05, 3.63) is 47.9 Å². The molecule has 0 heterocycles. The number of benzene rings is 1. The second-order valence-electron chi connectivity index (χ2n) is 3.86. The third-order valence-corrected chi connectivity index (χ3v) is 2.63. The molecule has 0 unspecified atom stereocenters. The molecule has 2 rings (SSSR count). The molecule has 0 fully saturated rings. The number of ketones is 1. The molecule has 5 nitrogen and oxygen atoms in total. The highest BCUT2D eigenvalue weighted by molar-refractivity contribution is 5.93. The molecule has 0 radical (unpaired) electrons. The summed E-state index contributed by atoms with van der Waals surface area (Å²) in [5.41, 5.74) is 1.12. The molecule has 0 saturated carbocycles. The van der Waals surface area contributed by atoms with Crippen molar-refractivity contribution in [2.45, 2.75) is 6.42 Å². The number of carbonyl (C=O) groups is 1. The third-order valence-electron chi connectivity index (χ3n) is 2.63. The number of allylic oxidation sites excluding steroid dienone is 3. The van der Waals surface area contributed by atoms with Crippen LogP contribution in [-0.2, 0) is 9.53 Å². The van der Waals surface area contributed by atoms with Crippen LogP contribution < -0.4 is 4.74 Å². The molecular formula is C14H14N2O3. The lowest BCUT2D eigenvalue weighted by atomic mass is 10.1.